The van der Waals surface area contributed by atoms with Crippen molar-refractivity contribution in [2.24, 2.45) is 23.5 Å². The molecule has 0 spiro atoms. The zero-order valence-electron chi connectivity index (χ0n) is 28.3. The highest BCUT2D eigenvalue weighted by atomic mass is 16.5. The van der Waals surface area contributed by atoms with E-state index in [1.54, 1.807) is 14.2 Å². The van der Waals surface area contributed by atoms with Gasteiger partial charge in [-0.15, -0.1) is 0 Å². The first kappa shape index (κ1) is 31.3. The van der Waals surface area contributed by atoms with Gasteiger partial charge in [0.1, 0.15) is 16.9 Å². The summed E-state index contributed by atoms with van der Waals surface area (Å²) in [4.78, 5) is 39.3. The summed E-state index contributed by atoms with van der Waals surface area (Å²) in [5, 5.41) is 4.24. The van der Waals surface area contributed by atoms with Crippen LogP contribution >= 0.6 is 0 Å². The molecule has 4 aliphatic rings. The van der Waals surface area contributed by atoms with Gasteiger partial charge < -0.3 is 34.6 Å². The molecule has 3 fully saturated rings. The van der Waals surface area contributed by atoms with Gasteiger partial charge in [-0.1, -0.05) is 12.8 Å². The molecule has 2 saturated carbocycles. The predicted molar refractivity (Wildman–Crippen MR) is 184 cm³/mol. The number of pyridine rings is 1. The number of nitrogens with one attached hydrogen (secondary N) is 1. The van der Waals surface area contributed by atoms with Crippen molar-refractivity contribution in [3.8, 4) is 17.3 Å². The lowest BCUT2D eigenvalue weighted by molar-refractivity contribution is -0.123. The van der Waals surface area contributed by atoms with Gasteiger partial charge in [0.2, 0.25) is 5.91 Å². The minimum atomic E-state index is -0.186. The molecule has 11 nitrogen and oxygen atoms in total. The van der Waals surface area contributed by atoms with E-state index in [1.807, 2.05) is 30.0 Å². The average Bonchev–Trinajstić information content (AvgIpc) is 3.40. The summed E-state index contributed by atoms with van der Waals surface area (Å²) in [6.07, 6.45) is 8.37. The average molecular weight is 654 g/mol. The molecule has 8 rings (SSSR count). The number of carbonyl (C=O) groups is 2. The van der Waals surface area contributed by atoms with Crippen LogP contribution in [-0.4, -0.2) is 75.3 Å². The quantitative estimate of drug-likeness (QED) is 0.298. The number of ether oxygens (including phenoxy) is 2. The predicted octanol–water partition coefficient (Wildman–Crippen LogP) is 5.05. The molecule has 1 aromatic carbocycles. The largest absolute Gasteiger partial charge is 0.494 e. The van der Waals surface area contributed by atoms with Gasteiger partial charge in [0.05, 0.1) is 36.7 Å². The zero-order chi connectivity index (χ0) is 33.1. The van der Waals surface area contributed by atoms with Gasteiger partial charge in [0.15, 0.2) is 5.82 Å². The van der Waals surface area contributed by atoms with Crippen LogP contribution in [-0.2, 0) is 22.6 Å². The number of benzene rings is 1. The smallest absolute Gasteiger partial charge is 0.254 e. The Balaban J connectivity index is 1.23. The Kier molecular flexibility index (Phi) is 8.15. The van der Waals surface area contributed by atoms with Gasteiger partial charge in [-0.05, 0) is 87.6 Å². The number of carbonyl (C=O) groups excluding carboxylic acids is 2. The molecule has 4 aromatic rings. The Labute approximate surface area is 281 Å². The number of rotatable bonds is 6. The Bertz CT molecular complexity index is 1880. The van der Waals surface area contributed by atoms with Crippen LogP contribution in [0.4, 0.5) is 0 Å². The Hall–Kier alpha value is -3.96. The maximum atomic E-state index is 14.0. The molecule has 4 bridgehead atoms. The van der Waals surface area contributed by atoms with Crippen LogP contribution in [0.2, 0.25) is 0 Å². The van der Waals surface area contributed by atoms with Gasteiger partial charge in [-0.25, -0.2) is 9.97 Å². The third kappa shape index (κ3) is 5.44. The summed E-state index contributed by atoms with van der Waals surface area (Å²) in [5.74, 6) is 2.69. The number of fused-ring (bicyclic) bond motifs is 5. The van der Waals surface area contributed by atoms with Crippen molar-refractivity contribution >= 4 is 33.9 Å². The number of hydrogen-bond donors (Lipinski definition) is 2. The molecule has 1 saturated heterocycles. The van der Waals surface area contributed by atoms with Crippen LogP contribution < -0.4 is 15.8 Å². The van der Waals surface area contributed by atoms with E-state index in [0.717, 1.165) is 91.7 Å². The minimum Gasteiger partial charge on any atom is -0.494 e. The molecule has 2 aliphatic carbocycles. The summed E-state index contributed by atoms with van der Waals surface area (Å²) in [7, 11) is 3.35. The fourth-order valence-corrected chi connectivity index (χ4v) is 8.64. The van der Waals surface area contributed by atoms with E-state index in [9.17, 15) is 9.59 Å². The lowest BCUT2D eigenvalue weighted by Crippen LogP contribution is -2.51. The number of hydrogen-bond acceptors (Lipinski definition) is 7. The number of likely N-dealkylation sites (tertiary alicyclic amines) is 1. The second-order valence-corrected chi connectivity index (χ2v) is 14.5. The molecule has 2 amide bonds. The van der Waals surface area contributed by atoms with Crippen LogP contribution in [0.3, 0.4) is 0 Å². The van der Waals surface area contributed by atoms with Crippen molar-refractivity contribution in [2.45, 2.75) is 89.5 Å². The molecule has 3 N–H and O–H groups in total. The molecular weight excluding hydrogens is 606 g/mol. The summed E-state index contributed by atoms with van der Waals surface area (Å²) in [6, 6.07) is 10.1. The minimum absolute atomic E-state index is 0.0123. The van der Waals surface area contributed by atoms with Crippen molar-refractivity contribution in [3.05, 3.63) is 41.6 Å². The van der Waals surface area contributed by atoms with Gasteiger partial charge in [-0.2, -0.15) is 0 Å². The van der Waals surface area contributed by atoms with E-state index in [0.29, 0.717) is 48.4 Å². The Morgan fingerprint density at radius 1 is 1.04 bits per heavy atom. The van der Waals surface area contributed by atoms with E-state index in [1.165, 1.54) is 0 Å². The number of amides is 2. The van der Waals surface area contributed by atoms with E-state index >= 15 is 0 Å². The van der Waals surface area contributed by atoms with Crippen molar-refractivity contribution < 1.29 is 19.1 Å². The standard InChI is InChI=1S/C37H47N7O4/c1-21-29-11-9-24-18-31(42(34(24)40-29)12-6-4-5-7-22-16-27(22)36(45)39-21)35-41-30-17-25(19-32(48-3)33(30)43(35)13-14-47-2)37(46)44-20-28(38)23-8-10-26(44)15-23/h9,11,17-19,21-23,26-28H,4-8,10,12-16,20,38H2,1-3H3,(H,39,45)/t21-,22-,23-,26+,27-,28+/m1/s1. The highest BCUT2D eigenvalue weighted by Crippen LogP contribution is 2.43. The summed E-state index contributed by atoms with van der Waals surface area (Å²) in [6.45, 7) is 4.44. The second-order valence-electron chi connectivity index (χ2n) is 14.5. The normalized spacial score (nSPS) is 27.2. The van der Waals surface area contributed by atoms with Gasteiger partial charge >= 0.3 is 0 Å². The first-order chi connectivity index (χ1) is 23.3. The van der Waals surface area contributed by atoms with E-state index in [2.05, 4.69) is 26.6 Å². The number of methoxy groups -OCH3 is 2. The Morgan fingerprint density at radius 2 is 1.92 bits per heavy atom. The van der Waals surface area contributed by atoms with Crippen molar-refractivity contribution in [1.29, 1.82) is 0 Å². The number of aryl methyl sites for hydroxylation is 1. The highest BCUT2D eigenvalue weighted by Gasteiger charge is 2.43. The lowest BCUT2D eigenvalue weighted by Gasteiger charge is -2.37. The van der Waals surface area contributed by atoms with E-state index < -0.39 is 0 Å². The summed E-state index contributed by atoms with van der Waals surface area (Å²) < 4.78 is 16.0. The van der Waals surface area contributed by atoms with E-state index in [4.69, 9.17) is 25.2 Å². The van der Waals surface area contributed by atoms with Crippen LogP contribution in [0.1, 0.15) is 80.4 Å². The molecule has 2 aliphatic heterocycles. The first-order valence-electron chi connectivity index (χ1n) is 17.8. The SMILES string of the molecule is COCCn1c(-c2cc3ccc4nc3n2CCCCC[C@@H]2C[C@H]2C(=O)N[C@@H]4C)nc2cc(C(=O)N3C[C@H](N)[C@@H]4CC[C@H]3C4)cc(OC)c21. The molecule has 254 valence electrons. The highest BCUT2D eigenvalue weighted by molar-refractivity contribution is 6.00. The maximum Gasteiger partial charge on any atom is 0.254 e. The Morgan fingerprint density at radius 3 is 2.75 bits per heavy atom. The molecule has 3 aromatic heterocycles. The van der Waals surface area contributed by atoms with Crippen LogP contribution in [0.25, 0.3) is 33.6 Å². The zero-order valence-corrected chi connectivity index (χ0v) is 28.3. The topological polar surface area (TPSA) is 130 Å². The van der Waals surface area contributed by atoms with Crippen LogP contribution in [0.5, 0.6) is 5.75 Å². The molecule has 0 radical (unpaired) electrons. The lowest BCUT2D eigenvalue weighted by atomic mass is 9.94. The van der Waals surface area contributed by atoms with Gasteiger partial charge in [-0.3, -0.25) is 9.59 Å². The molecule has 48 heavy (non-hydrogen) atoms. The van der Waals surface area contributed by atoms with Crippen molar-refractivity contribution in [2.75, 3.05) is 27.4 Å². The van der Waals surface area contributed by atoms with Gasteiger partial charge in [0.25, 0.3) is 5.91 Å². The third-order valence-corrected chi connectivity index (χ3v) is 11.5. The summed E-state index contributed by atoms with van der Waals surface area (Å²) >= 11 is 0. The van der Waals surface area contributed by atoms with Crippen LogP contribution in [0, 0.1) is 17.8 Å². The number of piperidine rings is 1. The monoisotopic (exact) mass is 653 g/mol. The summed E-state index contributed by atoms with van der Waals surface area (Å²) in [5.41, 5.74) is 11.3. The van der Waals surface area contributed by atoms with Crippen molar-refractivity contribution in [1.82, 2.24) is 29.3 Å². The number of nitrogens with two attached hydrogens (primary N) is 1. The third-order valence-electron chi connectivity index (χ3n) is 11.5. The number of nitrogens with zero attached hydrogens (tertiary/aromatic N) is 5. The van der Waals surface area contributed by atoms with Crippen LogP contribution in [0.15, 0.2) is 30.3 Å². The fraction of sp³-hybridized carbons (Fsp3) is 0.568. The second kappa shape index (κ2) is 12.5. The first-order valence-corrected chi connectivity index (χ1v) is 17.8. The maximum absolute atomic E-state index is 14.0. The number of aromatic nitrogens is 4. The molecular formula is C37H47N7O4. The number of imidazole rings is 1. The molecule has 11 heteroatoms. The fourth-order valence-electron chi connectivity index (χ4n) is 8.64. The molecule has 6 atom stereocenters. The van der Waals surface area contributed by atoms with Crippen molar-refractivity contribution in [3.63, 3.8) is 0 Å². The molecule has 0 unspecified atom stereocenters. The van der Waals surface area contributed by atoms with Gasteiger partial charge in [0, 0.05) is 55.7 Å². The molecule has 5 heterocycles. The van der Waals surface area contributed by atoms with E-state index in [-0.39, 0.29) is 35.9 Å².